The summed E-state index contributed by atoms with van der Waals surface area (Å²) in [6.07, 6.45) is 0. The van der Waals surface area contributed by atoms with Crippen LogP contribution in [0.3, 0.4) is 0 Å². The molecule has 0 spiro atoms. The number of aromatic nitrogens is 4. The molecule has 0 fully saturated rings. The molecule has 5 aromatic heterocycles. The number of hydrogen-bond acceptors (Lipinski definition) is 3. The fourth-order valence-corrected chi connectivity index (χ4v) is 14.8. The number of benzene rings is 12. The Morgan fingerprint density at radius 1 is 0.278 bits per heavy atom. The molecule has 0 unspecified atom stereocenters. The summed E-state index contributed by atoms with van der Waals surface area (Å²) in [5.41, 5.74) is 13.2. The van der Waals surface area contributed by atoms with Gasteiger partial charge >= 0.3 is 0 Å². The van der Waals surface area contributed by atoms with Crippen molar-refractivity contribution in [1.29, 1.82) is 10.5 Å². The molecule has 0 atom stereocenters. The highest BCUT2D eigenvalue weighted by molar-refractivity contribution is 7.26. The maximum Gasteiger partial charge on any atom is 0.103 e. The van der Waals surface area contributed by atoms with E-state index in [1.807, 2.05) is 0 Å². The van der Waals surface area contributed by atoms with Crippen LogP contribution in [0, 0.1) is 22.7 Å². The molecule has 0 saturated carbocycles. The summed E-state index contributed by atoms with van der Waals surface area (Å²) in [5, 5.41) is 38.2. The van der Waals surface area contributed by atoms with Gasteiger partial charge < -0.3 is 18.3 Å². The first-order valence-corrected chi connectivity index (χ1v) is 27.4. The van der Waals surface area contributed by atoms with E-state index in [4.69, 9.17) is 0 Å². The van der Waals surface area contributed by atoms with Crippen LogP contribution < -0.4 is 0 Å². The van der Waals surface area contributed by atoms with E-state index in [0.717, 1.165) is 131 Å². The van der Waals surface area contributed by atoms with Gasteiger partial charge in [0.1, 0.15) is 12.1 Å². The summed E-state index contributed by atoms with van der Waals surface area (Å²) < 4.78 is 11.7. The average molecular weight is 1020 g/mol. The van der Waals surface area contributed by atoms with E-state index in [9.17, 15) is 10.5 Å². The third-order valence-electron chi connectivity index (χ3n) is 16.6. The lowest BCUT2D eigenvalue weighted by Crippen LogP contribution is -2.17. The molecule has 17 rings (SSSR count). The first-order chi connectivity index (χ1) is 39.2. The summed E-state index contributed by atoms with van der Waals surface area (Å²) in [5.74, 6) is 0. The van der Waals surface area contributed by atoms with Gasteiger partial charge in [0.2, 0.25) is 0 Å². The second kappa shape index (κ2) is 16.4. The third kappa shape index (κ3) is 5.81. The molecule has 0 bridgehead atoms. The Balaban J connectivity index is 1.21. The molecule has 0 saturated heterocycles. The minimum absolute atomic E-state index is 0.271. The topological polar surface area (TPSA) is 67.3 Å². The second-order valence-corrected chi connectivity index (χ2v) is 21.5. The summed E-state index contributed by atoms with van der Waals surface area (Å²) in [7, 11) is 0. The minimum atomic E-state index is 0.271. The van der Waals surface area contributed by atoms with E-state index in [1.54, 1.807) is 11.3 Å². The van der Waals surface area contributed by atoms with Crippen molar-refractivity contribution in [2.24, 2.45) is 0 Å². The Morgan fingerprint density at radius 3 is 1.15 bits per heavy atom. The Hall–Kier alpha value is -10.7. The SMILES string of the molecule is N#Cc1c(C#N)c(-n2c3cccc(-c4cccc5ccccc45)c3c3ccc4c5ccccc5sc4c32)c(-n2c3ccccc3c3ccccc32)c(-n2c3ccccc3c3ccccc32)c1-n1c2ccccc2c2ccccc21. The monoisotopic (exact) mass is 1020 g/mol. The zero-order valence-corrected chi connectivity index (χ0v) is 43.0. The maximum absolute atomic E-state index is 12.6. The van der Waals surface area contributed by atoms with Crippen molar-refractivity contribution in [2.75, 3.05) is 0 Å². The predicted octanol–water partition coefficient (Wildman–Crippen LogP) is 19.0. The molecule has 0 radical (unpaired) electrons. The first kappa shape index (κ1) is 43.5. The van der Waals surface area contributed by atoms with E-state index in [1.165, 1.54) is 10.1 Å². The molecule has 0 aliphatic carbocycles. The molecule has 0 aliphatic heterocycles. The Kier molecular flexibility index (Phi) is 9.04. The van der Waals surface area contributed by atoms with Gasteiger partial charge in [0.25, 0.3) is 0 Å². The molecule has 364 valence electrons. The quantitative estimate of drug-likeness (QED) is 0.172. The van der Waals surface area contributed by atoms with Crippen molar-refractivity contribution in [1.82, 2.24) is 18.3 Å². The number of thiophene rings is 1. The van der Waals surface area contributed by atoms with Crippen molar-refractivity contribution < 1.29 is 0 Å². The Bertz CT molecular complexity index is 5440. The van der Waals surface area contributed by atoms with Crippen LogP contribution in [0.15, 0.2) is 243 Å². The van der Waals surface area contributed by atoms with Crippen LogP contribution in [-0.4, -0.2) is 18.3 Å². The smallest absolute Gasteiger partial charge is 0.103 e. The highest BCUT2D eigenvalue weighted by Crippen LogP contribution is 2.52. The fraction of sp³-hybridized carbons (Fsp3) is 0. The zero-order chi connectivity index (χ0) is 52.0. The molecule has 0 N–H and O–H groups in total. The second-order valence-electron chi connectivity index (χ2n) is 20.5. The van der Waals surface area contributed by atoms with Crippen LogP contribution in [0.5, 0.6) is 0 Å². The van der Waals surface area contributed by atoms with Crippen molar-refractivity contribution in [3.63, 3.8) is 0 Å². The van der Waals surface area contributed by atoms with Crippen molar-refractivity contribution in [3.05, 3.63) is 254 Å². The number of nitrogens with zero attached hydrogens (tertiary/aromatic N) is 6. The normalized spacial score (nSPS) is 12.0. The summed E-state index contributed by atoms with van der Waals surface area (Å²) in [6, 6.07) is 92.1. The Labute approximate surface area is 455 Å². The minimum Gasteiger partial charge on any atom is -0.306 e. The van der Waals surface area contributed by atoms with Crippen LogP contribution in [0.2, 0.25) is 0 Å². The number of rotatable bonds is 5. The van der Waals surface area contributed by atoms with Gasteiger partial charge in [-0.1, -0.05) is 194 Å². The molecular formula is C72H40N6S. The summed E-state index contributed by atoms with van der Waals surface area (Å²) in [6.45, 7) is 0. The van der Waals surface area contributed by atoms with Gasteiger partial charge in [0.05, 0.1) is 82.7 Å². The van der Waals surface area contributed by atoms with Gasteiger partial charge in [-0.15, -0.1) is 11.3 Å². The standard InChI is InChI=1S/C72H40N6S/c73-41-56-57(42-74)68(78-64-37-18-30-53(45-29-17-20-43-19-1-2-21-44(43)45)66(64)55-40-39-54-52-28-9-16-38-65(52)79-72(54)69(55)78)71(77-62-35-14-7-26-50(62)51-27-8-15-36-63(51)77)70(76-60-33-12-5-24-48(60)49-25-6-13-34-61(49)76)67(56)75-58-31-10-3-22-46(58)47-23-4-11-32-59(47)75/h1-40H. The van der Waals surface area contributed by atoms with Gasteiger partial charge in [-0.25, -0.2) is 0 Å². The number of para-hydroxylation sites is 6. The van der Waals surface area contributed by atoms with Crippen LogP contribution in [0.4, 0.5) is 0 Å². The van der Waals surface area contributed by atoms with Crippen LogP contribution in [-0.2, 0) is 0 Å². The predicted molar refractivity (Wildman–Crippen MR) is 329 cm³/mol. The van der Waals surface area contributed by atoms with Gasteiger partial charge in [-0.2, -0.15) is 10.5 Å². The Morgan fingerprint density at radius 2 is 0.646 bits per heavy atom. The molecule has 5 heterocycles. The molecule has 0 amide bonds. The zero-order valence-electron chi connectivity index (χ0n) is 42.2. The van der Waals surface area contributed by atoms with Gasteiger partial charge in [-0.3, -0.25) is 0 Å². The third-order valence-corrected chi connectivity index (χ3v) is 17.8. The van der Waals surface area contributed by atoms with E-state index in [0.29, 0.717) is 11.4 Å². The largest absolute Gasteiger partial charge is 0.306 e. The maximum atomic E-state index is 12.6. The van der Waals surface area contributed by atoms with Crippen LogP contribution in [0.25, 0.3) is 152 Å². The average Bonchev–Trinajstić information content (AvgIpc) is 3.51. The van der Waals surface area contributed by atoms with E-state index in [-0.39, 0.29) is 11.1 Å². The van der Waals surface area contributed by atoms with E-state index >= 15 is 0 Å². The van der Waals surface area contributed by atoms with Crippen molar-refractivity contribution >= 4 is 130 Å². The molecular weight excluding hydrogens is 981 g/mol. The van der Waals surface area contributed by atoms with E-state index < -0.39 is 0 Å². The number of nitriles is 2. The van der Waals surface area contributed by atoms with Crippen molar-refractivity contribution in [2.45, 2.75) is 0 Å². The molecule has 0 aliphatic rings. The number of hydrogen-bond donors (Lipinski definition) is 0. The molecule has 17 aromatic rings. The number of fused-ring (bicyclic) bond motifs is 17. The lowest BCUT2D eigenvalue weighted by atomic mass is 9.94. The van der Waals surface area contributed by atoms with Gasteiger partial charge in [0, 0.05) is 58.6 Å². The first-order valence-electron chi connectivity index (χ1n) is 26.6. The van der Waals surface area contributed by atoms with Gasteiger partial charge in [0.15, 0.2) is 0 Å². The highest BCUT2D eigenvalue weighted by Gasteiger charge is 2.35. The molecule has 79 heavy (non-hydrogen) atoms. The summed E-state index contributed by atoms with van der Waals surface area (Å²) in [4.78, 5) is 0. The fourth-order valence-electron chi connectivity index (χ4n) is 13.5. The van der Waals surface area contributed by atoms with Gasteiger partial charge in [-0.05, 0) is 70.4 Å². The van der Waals surface area contributed by atoms with E-state index in [2.05, 4.69) is 273 Å². The molecule has 12 aromatic carbocycles. The molecule has 6 nitrogen and oxygen atoms in total. The molecule has 7 heteroatoms. The van der Waals surface area contributed by atoms with Crippen LogP contribution >= 0.6 is 11.3 Å². The highest BCUT2D eigenvalue weighted by atomic mass is 32.1. The lowest BCUT2D eigenvalue weighted by Gasteiger charge is -2.27. The lowest BCUT2D eigenvalue weighted by molar-refractivity contribution is 1.01. The summed E-state index contributed by atoms with van der Waals surface area (Å²) >= 11 is 1.78. The van der Waals surface area contributed by atoms with Crippen LogP contribution in [0.1, 0.15) is 11.1 Å². The van der Waals surface area contributed by atoms with Crippen molar-refractivity contribution in [3.8, 4) is 46.0 Å².